The Balaban J connectivity index is 1.85. The van der Waals surface area contributed by atoms with Crippen LogP contribution in [0.25, 0.3) is 6.08 Å². The van der Waals surface area contributed by atoms with Gasteiger partial charge in [-0.05, 0) is 42.0 Å². The van der Waals surface area contributed by atoms with Crippen molar-refractivity contribution in [1.29, 1.82) is 0 Å². The predicted molar refractivity (Wildman–Crippen MR) is 101 cm³/mol. The molecule has 2 amide bonds. The van der Waals surface area contributed by atoms with E-state index in [4.69, 9.17) is 0 Å². The number of carbonyl (C=O) groups is 2. The lowest BCUT2D eigenvalue weighted by molar-refractivity contribution is -0.113. The Labute approximate surface area is 151 Å². The van der Waals surface area contributed by atoms with E-state index in [1.54, 1.807) is 67.0 Å². The van der Waals surface area contributed by atoms with Crippen LogP contribution in [0.5, 0.6) is 0 Å². The van der Waals surface area contributed by atoms with Gasteiger partial charge in [0.15, 0.2) is 0 Å². The zero-order valence-electron chi connectivity index (χ0n) is 13.9. The van der Waals surface area contributed by atoms with E-state index in [1.807, 2.05) is 24.3 Å². The summed E-state index contributed by atoms with van der Waals surface area (Å²) in [4.78, 5) is 29.2. The van der Waals surface area contributed by atoms with Crippen LogP contribution in [0.15, 0.2) is 90.9 Å². The van der Waals surface area contributed by atoms with Gasteiger partial charge in [-0.3, -0.25) is 14.6 Å². The maximum atomic E-state index is 12.7. The third-order valence-electron chi connectivity index (χ3n) is 3.56. The molecule has 0 spiro atoms. The van der Waals surface area contributed by atoms with Crippen molar-refractivity contribution in [1.82, 2.24) is 10.3 Å². The Morgan fingerprint density at radius 1 is 0.846 bits per heavy atom. The summed E-state index contributed by atoms with van der Waals surface area (Å²) in [5.74, 6) is -0.770. The minimum absolute atomic E-state index is 0.135. The molecule has 0 saturated carbocycles. The van der Waals surface area contributed by atoms with Crippen LogP contribution < -0.4 is 10.6 Å². The Kier molecular flexibility index (Phi) is 5.52. The fraction of sp³-hybridized carbons (Fsp3) is 0. The van der Waals surface area contributed by atoms with Crippen molar-refractivity contribution in [2.24, 2.45) is 0 Å². The Bertz CT molecular complexity index is 908. The normalized spacial score (nSPS) is 10.8. The zero-order valence-corrected chi connectivity index (χ0v) is 13.9. The SMILES string of the molecule is O=C(Nc1ccccc1)/C(=C\c1cccnc1)NC(=O)c1ccccc1. The quantitative estimate of drug-likeness (QED) is 0.697. The molecule has 3 aromatic rings. The van der Waals surface area contributed by atoms with Crippen molar-refractivity contribution in [2.45, 2.75) is 0 Å². The summed E-state index contributed by atoms with van der Waals surface area (Å²) in [6, 6.07) is 21.4. The molecule has 0 saturated heterocycles. The summed E-state index contributed by atoms with van der Waals surface area (Å²) < 4.78 is 0. The van der Waals surface area contributed by atoms with Crippen LogP contribution in [0.1, 0.15) is 15.9 Å². The van der Waals surface area contributed by atoms with Crippen molar-refractivity contribution in [3.63, 3.8) is 0 Å². The number of hydrogen-bond donors (Lipinski definition) is 2. The number of hydrogen-bond acceptors (Lipinski definition) is 3. The minimum Gasteiger partial charge on any atom is -0.321 e. The molecule has 1 aromatic heterocycles. The molecule has 26 heavy (non-hydrogen) atoms. The summed E-state index contributed by atoms with van der Waals surface area (Å²) in [5, 5.41) is 5.46. The molecule has 128 valence electrons. The van der Waals surface area contributed by atoms with Crippen molar-refractivity contribution >= 4 is 23.6 Å². The van der Waals surface area contributed by atoms with Crippen LogP contribution in [-0.4, -0.2) is 16.8 Å². The maximum absolute atomic E-state index is 12.7. The lowest BCUT2D eigenvalue weighted by Crippen LogP contribution is -2.30. The van der Waals surface area contributed by atoms with Crippen LogP contribution >= 0.6 is 0 Å². The number of benzene rings is 2. The standard InChI is InChI=1S/C21H17N3O2/c25-20(17-9-3-1-4-10-17)24-19(14-16-8-7-13-22-15-16)21(26)23-18-11-5-2-6-12-18/h1-15H,(H,23,26)(H,24,25)/b19-14+. The summed E-state index contributed by atoms with van der Waals surface area (Å²) in [7, 11) is 0. The third-order valence-corrected chi connectivity index (χ3v) is 3.56. The zero-order chi connectivity index (χ0) is 18.2. The van der Waals surface area contributed by atoms with Crippen molar-refractivity contribution in [2.75, 3.05) is 5.32 Å². The van der Waals surface area contributed by atoms with E-state index in [2.05, 4.69) is 15.6 Å². The number of nitrogens with one attached hydrogen (secondary N) is 2. The number of para-hydroxylation sites is 1. The fourth-order valence-electron chi connectivity index (χ4n) is 2.29. The Hall–Kier alpha value is -3.73. The highest BCUT2D eigenvalue weighted by molar-refractivity contribution is 6.10. The number of nitrogens with zero attached hydrogens (tertiary/aromatic N) is 1. The molecule has 0 radical (unpaired) electrons. The maximum Gasteiger partial charge on any atom is 0.272 e. The van der Waals surface area contributed by atoms with Gasteiger partial charge in [-0.1, -0.05) is 42.5 Å². The number of anilines is 1. The van der Waals surface area contributed by atoms with Gasteiger partial charge in [0.25, 0.3) is 11.8 Å². The Morgan fingerprint density at radius 2 is 1.54 bits per heavy atom. The Morgan fingerprint density at radius 3 is 2.19 bits per heavy atom. The predicted octanol–water partition coefficient (Wildman–Crippen LogP) is 3.49. The van der Waals surface area contributed by atoms with Crippen LogP contribution in [0, 0.1) is 0 Å². The van der Waals surface area contributed by atoms with E-state index in [-0.39, 0.29) is 11.6 Å². The van der Waals surface area contributed by atoms with E-state index < -0.39 is 5.91 Å². The van der Waals surface area contributed by atoms with Crippen molar-refractivity contribution in [3.8, 4) is 0 Å². The van der Waals surface area contributed by atoms with E-state index in [0.717, 1.165) is 0 Å². The van der Waals surface area contributed by atoms with Gasteiger partial charge < -0.3 is 10.6 Å². The van der Waals surface area contributed by atoms with Crippen molar-refractivity contribution in [3.05, 3.63) is 102 Å². The number of aromatic nitrogens is 1. The first kappa shape index (κ1) is 17.1. The second-order valence-electron chi connectivity index (χ2n) is 5.48. The molecular formula is C21H17N3O2. The molecule has 0 atom stereocenters. The average molecular weight is 343 g/mol. The van der Waals surface area contributed by atoms with Crippen molar-refractivity contribution < 1.29 is 9.59 Å². The topological polar surface area (TPSA) is 71.1 Å². The van der Waals surface area contributed by atoms with Gasteiger partial charge in [0.2, 0.25) is 0 Å². The van der Waals surface area contributed by atoms with Crippen LogP contribution in [0.2, 0.25) is 0 Å². The molecule has 0 fully saturated rings. The van der Waals surface area contributed by atoms with Crippen LogP contribution in [0.3, 0.4) is 0 Å². The van der Waals surface area contributed by atoms with E-state index in [0.29, 0.717) is 16.8 Å². The van der Waals surface area contributed by atoms with Gasteiger partial charge in [0, 0.05) is 23.6 Å². The first-order chi connectivity index (χ1) is 12.7. The van der Waals surface area contributed by atoms with Gasteiger partial charge in [-0.15, -0.1) is 0 Å². The molecule has 1 heterocycles. The molecule has 0 aliphatic rings. The lowest BCUT2D eigenvalue weighted by atomic mass is 10.2. The second-order valence-corrected chi connectivity index (χ2v) is 5.48. The molecule has 2 aromatic carbocycles. The minimum atomic E-state index is -0.413. The number of rotatable bonds is 5. The van der Waals surface area contributed by atoms with E-state index >= 15 is 0 Å². The molecule has 5 nitrogen and oxygen atoms in total. The molecule has 0 unspecified atom stereocenters. The monoisotopic (exact) mass is 343 g/mol. The molecule has 0 aliphatic heterocycles. The van der Waals surface area contributed by atoms with Gasteiger partial charge in [0.1, 0.15) is 5.70 Å². The second kappa shape index (κ2) is 8.39. The summed E-state index contributed by atoms with van der Waals surface area (Å²) in [6.45, 7) is 0. The molecule has 3 rings (SSSR count). The van der Waals surface area contributed by atoms with Gasteiger partial charge in [-0.2, -0.15) is 0 Å². The lowest BCUT2D eigenvalue weighted by Gasteiger charge is -2.11. The van der Waals surface area contributed by atoms with Gasteiger partial charge in [-0.25, -0.2) is 0 Å². The first-order valence-electron chi connectivity index (χ1n) is 8.07. The molecule has 2 N–H and O–H groups in total. The van der Waals surface area contributed by atoms with E-state index in [1.165, 1.54) is 0 Å². The summed E-state index contributed by atoms with van der Waals surface area (Å²) >= 11 is 0. The molecule has 0 aliphatic carbocycles. The van der Waals surface area contributed by atoms with Crippen LogP contribution in [-0.2, 0) is 4.79 Å². The highest BCUT2D eigenvalue weighted by Gasteiger charge is 2.14. The summed E-state index contributed by atoms with van der Waals surface area (Å²) in [6.07, 6.45) is 4.85. The highest BCUT2D eigenvalue weighted by Crippen LogP contribution is 2.10. The molecular weight excluding hydrogens is 326 g/mol. The van der Waals surface area contributed by atoms with E-state index in [9.17, 15) is 9.59 Å². The fourth-order valence-corrected chi connectivity index (χ4v) is 2.29. The average Bonchev–Trinajstić information content (AvgIpc) is 2.69. The number of pyridine rings is 1. The molecule has 0 bridgehead atoms. The third kappa shape index (κ3) is 4.64. The van der Waals surface area contributed by atoms with Crippen LogP contribution in [0.4, 0.5) is 5.69 Å². The smallest absolute Gasteiger partial charge is 0.272 e. The highest BCUT2D eigenvalue weighted by atomic mass is 16.2. The summed E-state index contributed by atoms with van der Waals surface area (Å²) in [5.41, 5.74) is 1.95. The number of carbonyl (C=O) groups excluding carboxylic acids is 2. The largest absolute Gasteiger partial charge is 0.321 e. The molecule has 5 heteroatoms. The first-order valence-corrected chi connectivity index (χ1v) is 8.07. The van der Waals surface area contributed by atoms with Gasteiger partial charge in [0.05, 0.1) is 0 Å². The van der Waals surface area contributed by atoms with Gasteiger partial charge >= 0.3 is 0 Å². The number of amides is 2.